The molecule has 0 unspecified atom stereocenters. The zero-order valence-electron chi connectivity index (χ0n) is 17.6. The summed E-state index contributed by atoms with van der Waals surface area (Å²) in [5, 5.41) is 7.31. The second kappa shape index (κ2) is 9.22. The van der Waals surface area contributed by atoms with Gasteiger partial charge in [-0.05, 0) is 51.5 Å². The van der Waals surface area contributed by atoms with Crippen molar-refractivity contribution in [1.29, 1.82) is 0 Å². The maximum Gasteiger partial charge on any atom is 0.264 e. The molecule has 1 amide bonds. The first kappa shape index (κ1) is 20.9. The third-order valence-electron chi connectivity index (χ3n) is 5.75. The van der Waals surface area contributed by atoms with Gasteiger partial charge in [0.1, 0.15) is 22.0 Å². The molecular formula is C22H27N5OS2. The van der Waals surface area contributed by atoms with Gasteiger partial charge < -0.3 is 10.2 Å². The van der Waals surface area contributed by atoms with Crippen LogP contribution < -0.4 is 5.32 Å². The predicted molar refractivity (Wildman–Crippen MR) is 124 cm³/mol. The molecule has 6 nitrogen and oxygen atoms in total. The fraction of sp³-hybridized carbons (Fsp3) is 0.455. The van der Waals surface area contributed by atoms with E-state index in [2.05, 4.69) is 26.3 Å². The summed E-state index contributed by atoms with van der Waals surface area (Å²) in [6, 6.07) is -0.0745. The van der Waals surface area contributed by atoms with E-state index < -0.39 is 0 Å². The number of allylic oxidation sites excluding steroid dienone is 1. The van der Waals surface area contributed by atoms with Gasteiger partial charge in [0.05, 0.1) is 16.3 Å². The van der Waals surface area contributed by atoms with Crippen molar-refractivity contribution in [3.05, 3.63) is 45.0 Å². The molecule has 0 fully saturated rings. The van der Waals surface area contributed by atoms with Gasteiger partial charge in [-0.25, -0.2) is 15.0 Å². The van der Waals surface area contributed by atoms with Crippen molar-refractivity contribution >= 4 is 44.6 Å². The lowest BCUT2D eigenvalue weighted by Gasteiger charge is -2.23. The van der Waals surface area contributed by atoms with Crippen LogP contribution in [0.1, 0.15) is 65.3 Å². The van der Waals surface area contributed by atoms with Gasteiger partial charge in [0.2, 0.25) is 0 Å². The number of rotatable bonds is 7. The van der Waals surface area contributed by atoms with E-state index in [1.54, 1.807) is 28.8 Å². The number of nitrogens with one attached hydrogen (secondary N) is 1. The van der Waals surface area contributed by atoms with E-state index in [-0.39, 0.29) is 11.9 Å². The van der Waals surface area contributed by atoms with Crippen LogP contribution in [0.15, 0.2) is 29.6 Å². The number of amides is 1. The molecule has 158 valence electrons. The summed E-state index contributed by atoms with van der Waals surface area (Å²) < 4.78 is 0. The van der Waals surface area contributed by atoms with E-state index in [1.807, 2.05) is 26.3 Å². The molecule has 0 saturated carbocycles. The summed E-state index contributed by atoms with van der Waals surface area (Å²) in [5.74, 6) is 0.816. The van der Waals surface area contributed by atoms with Gasteiger partial charge in [-0.15, -0.1) is 22.7 Å². The number of carbonyl (C=O) groups is 1. The number of nitrogens with zero attached hydrogens (tertiary/aromatic N) is 4. The molecule has 1 atom stereocenters. The SMILES string of the molecule is Cc1c(C(=O)N(C)[C@@H](C)c2nccs2)sc2ncnc(NCCC3=CCCCC3)c12. The van der Waals surface area contributed by atoms with Gasteiger partial charge in [0, 0.05) is 25.2 Å². The molecule has 0 radical (unpaired) electrons. The number of thiazole rings is 1. The average Bonchev–Trinajstić information content (AvgIpc) is 3.42. The van der Waals surface area contributed by atoms with E-state index in [4.69, 9.17) is 0 Å². The van der Waals surface area contributed by atoms with Gasteiger partial charge in [-0.2, -0.15) is 0 Å². The van der Waals surface area contributed by atoms with E-state index in [0.29, 0.717) is 0 Å². The molecule has 1 N–H and O–H groups in total. The Morgan fingerprint density at radius 1 is 1.30 bits per heavy atom. The Bertz CT molecular complexity index is 1060. The third-order valence-corrected chi connectivity index (χ3v) is 7.89. The molecule has 0 aliphatic heterocycles. The maximum atomic E-state index is 13.2. The average molecular weight is 442 g/mol. The molecule has 1 aliphatic carbocycles. The second-order valence-corrected chi connectivity index (χ2v) is 9.63. The minimum Gasteiger partial charge on any atom is -0.369 e. The number of aromatic nitrogens is 3. The van der Waals surface area contributed by atoms with Gasteiger partial charge in [0.15, 0.2) is 0 Å². The first-order valence-electron chi connectivity index (χ1n) is 10.4. The lowest BCUT2D eigenvalue weighted by molar-refractivity contribution is 0.0747. The van der Waals surface area contributed by atoms with Crippen molar-refractivity contribution < 1.29 is 4.79 Å². The number of aryl methyl sites for hydroxylation is 1. The Kier molecular flexibility index (Phi) is 6.43. The summed E-state index contributed by atoms with van der Waals surface area (Å²) in [7, 11) is 1.83. The molecule has 1 aliphatic rings. The Hall–Kier alpha value is -2.32. The van der Waals surface area contributed by atoms with Crippen LogP contribution in [-0.4, -0.2) is 39.4 Å². The number of anilines is 1. The largest absolute Gasteiger partial charge is 0.369 e. The molecular weight excluding hydrogens is 414 g/mol. The van der Waals surface area contributed by atoms with Crippen molar-refractivity contribution in [2.24, 2.45) is 0 Å². The third kappa shape index (κ3) is 4.25. The van der Waals surface area contributed by atoms with Gasteiger partial charge in [-0.1, -0.05) is 11.6 Å². The topological polar surface area (TPSA) is 71.0 Å². The standard InChI is InChI=1S/C22H27N5OS2/c1-14-17-19(23-10-9-16-7-5-4-6-8-16)25-13-26-21(17)30-18(14)22(28)27(3)15(2)20-24-11-12-29-20/h7,11-13,15H,4-6,8-10H2,1-3H3,(H,23,25,26)/t15-/m0/s1. The first-order chi connectivity index (χ1) is 14.6. The number of fused-ring (bicyclic) bond motifs is 1. The smallest absolute Gasteiger partial charge is 0.264 e. The molecule has 0 spiro atoms. The van der Waals surface area contributed by atoms with E-state index in [9.17, 15) is 4.79 Å². The zero-order chi connectivity index (χ0) is 21.1. The van der Waals surface area contributed by atoms with Crippen LogP contribution in [-0.2, 0) is 0 Å². The quantitative estimate of drug-likeness (QED) is 0.484. The fourth-order valence-corrected chi connectivity index (χ4v) is 5.69. The van der Waals surface area contributed by atoms with Crippen molar-refractivity contribution in [3.63, 3.8) is 0 Å². The Labute approximate surface area is 185 Å². The Morgan fingerprint density at radius 2 is 2.17 bits per heavy atom. The summed E-state index contributed by atoms with van der Waals surface area (Å²) in [6.45, 7) is 4.84. The number of thiophene rings is 1. The normalized spacial score (nSPS) is 15.1. The monoisotopic (exact) mass is 441 g/mol. The zero-order valence-corrected chi connectivity index (χ0v) is 19.3. The highest BCUT2D eigenvalue weighted by atomic mass is 32.1. The van der Waals surface area contributed by atoms with Crippen molar-refractivity contribution in [2.45, 2.75) is 52.0 Å². The van der Waals surface area contributed by atoms with Crippen LogP contribution in [0.5, 0.6) is 0 Å². The van der Waals surface area contributed by atoms with Crippen molar-refractivity contribution in [1.82, 2.24) is 19.9 Å². The maximum absolute atomic E-state index is 13.2. The number of hydrogen-bond donors (Lipinski definition) is 1. The van der Waals surface area contributed by atoms with E-state index in [0.717, 1.165) is 44.4 Å². The van der Waals surface area contributed by atoms with Crippen molar-refractivity contribution in [3.8, 4) is 0 Å². The van der Waals surface area contributed by atoms with Gasteiger partial charge >= 0.3 is 0 Å². The number of hydrogen-bond acceptors (Lipinski definition) is 7. The molecule has 0 bridgehead atoms. The van der Waals surface area contributed by atoms with Gasteiger partial charge in [-0.3, -0.25) is 4.79 Å². The van der Waals surface area contributed by atoms with Crippen LogP contribution in [0, 0.1) is 6.92 Å². The molecule has 4 rings (SSSR count). The molecule has 30 heavy (non-hydrogen) atoms. The highest BCUT2D eigenvalue weighted by Crippen LogP contribution is 2.35. The predicted octanol–water partition coefficient (Wildman–Crippen LogP) is 5.59. The minimum atomic E-state index is -0.0745. The van der Waals surface area contributed by atoms with Crippen LogP contribution in [0.2, 0.25) is 0 Å². The van der Waals surface area contributed by atoms with Crippen LogP contribution in [0.25, 0.3) is 10.2 Å². The molecule has 3 heterocycles. The first-order valence-corrected chi connectivity index (χ1v) is 12.1. The van der Waals surface area contributed by atoms with Crippen LogP contribution in [0.3, 0.4) is 0 Å². The summed E-state index contributed by atoms with van der Waals surface area (Å²) >= 11 is 3.01. The molecule has 8 heteroatoms. The van der Waals surface area contributed by atoms with Crippen LogP contribution >= 0.6 is 22.7 Å². The van der Waals surface area contributed by atoms with Crippen LogP contribution in [0.4, 0.5) is 5.82 Å². The Balaban J connectivity index is 1.54. The molecule has 3 aromatic heterocycles. The van der Waals surface area contributed by atoms with E-state index >= 15 is 0 Å². The lowest BCUT2D eigenvalue weighted by Crippen LogP contribution is -2.29. The highest BCUT2D eigenvalue weighted by molar-refractivity contribution is 7.20. The second-order valence-electron chi connectivity index (χ2n) is 7.71. The molecule has 3 aromatic rings. The minimum absolute atomic E-state index is 0.00323. The van der Waals surface area contributed by atoms with Crippen molar-refractivity contribution in [2.75, 3.05) is 18.9 Å². The summed E-state index contributed by atoms with van der Waals surface area (Å²) in [6.07, 6.45) is 11.8. The molecule has 0 aromatic carbocycles. The highest BCUT2D eigenvalue weighted by Gasteiger charge is 2.26. The lowest BCUT2D eigenvalue weighted by atomic mass is 9.97. The Morgan fingerprint density at radius 3 is 2.90 bits per heavy atom. The van der Waals surface area contributed by atoms with Gasteiger partial charge in [0.25, 0.3) is 5.91 Å². The molecule has 0 saturated heterocycles. The summed E-state index contributed by atoms with van der Waals surface area (Å²) in [5.41, 5.74) is 2.48. The van der Waals surface area contributed by atoms with E-state index in [1.165, 1.54) is 42.6 Å². The number of carbonyl (C=O) groups excluding carboxylic acids is 1. The fourth-order valence-electron chi connectivity index (χ4n) is 3.83. The summed E-state index contributed by atoms with van der Waals surface area (Å²) in [4.78, 5) is 29.8.